The van der Waals surface area contributed by atoms with Gasteiger partial charge in [-0.05, 0) is 36.8 Å². The van der Waals surface area contributed by atoms with Crippen LogP contribution < -0.4 is 0 Å². The summed E-state index contributed by atoms with van der Waals surface area (Å²) in [6, 6.07) is 18.7. The molecule has 0 aliphatic heterocycles. The van der Waals surface area contributed by atoms with E-state index in [0.717, 1.165) is 22.0 Å². The zero-order chi connectivity index (χ0) is 18.6. The van der Waals surface area contributed by atoms with Crippen molar-refractivity contribution in [2.45, 2.75) is 31.2 Å². The molecule has 6 nitrogen and oxygen atoms in total. The molecule has 0 atom stereocenters. The Kier molecular flexibility index (Phi) is 5.02. The van der Waals surface area contributed by atoms with Crippen LogP contribution in [0.25, 0.3) is 17.1 Å². The van der Waals surface area contributed by atoms with Crippen molar-refractivity contribution in [1.29, 1.82) is 0 Å². The van der Waals surface area contributed by atoms with E-state index in [-0.39, 0.29) is 0 Å². The van der Waals surface area contributed by atoms with E-state index in [1.807, 2.05) is 23.9 Å². The summed E-state index contributed by atoms with van der Waals surface area (Å²) in [6.07, 6.45) is 1.82. The van der Waals surface area contributed by atoms with Gasteiger partial charge in [0, 0.05) is 5.75 Å². The first-order valence-electron chi connectivity index (χ1n) is 8.84. The molecule has 0 unspecified atom stereocenters. The van der Waals surface area contributed by atoms with Gasteiger partial charge in [0.2, 0.25) is 5.82 Å². The lowest BCUT2D eigenvalue weighted by Crippen LogP contribution is -1.99. The fourth-order valence-electron chi connectivity index (χ4n) is 2.71. The second-order valence-corrected chi connectivity index (χ2v) is 7.15. The van der Waals surface area contributed by atoms with Crippen molar-refractivity contribution < 1.29 is 0 Å². The predicted molar refractivity (Wildman–Crippen MR) is 107 cm³/mol. The number of thioether (sulfide) groups is 1. The van der Waals surface area contributed by atoms with Crippen molar-refractivity contribution >= 4 is 11.8 Å². The van der Waals surface area contributed by atoms with Gasteiger partial charge in [-0.25, -0.2) is 4.68 Å². The van der Waals surface area contributed by atoms with Crippen molar-refractivity contribution in [3.8, 4) is 17.1 Å². The summed E-state index contributed by atoms with van der Waals surface area (Å²) in [5, 5.41) is 18.4. The molecule has 2 heterocycles. The highest BCUT2D eigenvalue weighted by Crippen LogP contribution is 2.33. The molecule has 0 saturated heterocycles. The lowest BCUT2D eigenvalue weighted by Gasteiger charge is -2.09. The fourth-order valence-corrected chi connectivity index (χ4v) is 3.78. The second-order valence-electron chi connectivity index (χ2n) is 6.19. The van der Waals surface area contributed by atoms with Gasteiger partial charge in [0.05, 0.1) is 24.0 Å². The van der Waals surface area contributed by atoms with Gasteiger partial charge in [0.25, 0.3) is 0 Å². The number of hydrogen-bond donors (Lipinski definition) is 0. The molecule has 0 spiro atoms. The normalized spacial score (nSPS) is 11.0. The maximum absolute atomic E-state index is 4.62. The van der Waals surface area contributed by atoms with E-state index in [4.69, 9.17) is 0 Å². The van der Waals surface area contributed by atoms with E-state index in [2.05, 4.69) is 76.0 Å². The van der Waals surface area contributed by atoms with Crippen LogP contribution in [0, 0.1) is 6.92 Å². The van der Waals surface area contributed by atoms with E-state index in [9.17, 15) is 0 Å². The number of aromatic nitrogens is 6. The first kappa shape index (κ1) is 17.5. The Morgan fingerprint density at radius 1 is 1.00 bits per heavy atom. The molecule has 0 saturated carbocycles. The van der Waals surface area contributed by atoms with Crippen molar-refractivity contribution in [2.24, 2.45) is 0 Å². The molecule has 0 bridgehead atoms. The largest absolute Gasteiger partial charge is 0.226 e. The molecule has 0 N–H and O–H groups in total. The van der Waals surface area contributed by atoms with E-state index in [1.54, 1.807) is 16.6 Å². The summed E-state index contributed by atoms with van der Waals surface area (Å²) in [4.78, 5) is 1.59. The van der Waals surface area contributed by atoms with Crippen molar-refractivity contribution in [3.63, 3.8) is 0 Å². The van der Waals surface area contributed by atoms with Crippen molar-refractivity contribution in [1.82, 2.24) is 30.0 Å². The highest BCUT2D eigenvalue weighted by atomic mass is 32.2. The molecule has 4 rings (SSSR count). The zero-order valence-corrected chi connectivity index (χ0v) is 16.1. The van der Waals surface area contributed by atoms with Gasteiger partial charge in [-0.1, -0.05) is 48.0 Å². The smallest absolute Gasteiger partial charge is 0.209 e. The molecule has 27 heavy (non-hydrogen) atoms. The number of nitrogens with zero attached hydrogens (tertiary/aromatic N) is 6. The summed E-state index contributed by atoms with van der Waals surface area (Å²) in [5.41, 5.74) is 4.40. The second kappa shape index (κ2) is 7.75. The van der Waals surface area contributed by atoms with Crippen LogP contribution in [0.1, 0.15) is 18.1 Å². The van der Waals surface area contributed by atoms with E-state index < -0.39 is 0 Å². The summed E-state index contributed by atoms with van der Waals surface area (Å²) < 4.78 is 1.95. The monoisotopic (exact) mass is 376 g/mol. The minimum absolute atomic E-state index is 0.603. The van der Waals surface area contributed by atoms with Crippen LogP contribution in [0.15, 0.2) is 65.8 Å². The molecule has 4 aromatic rings. The molecule has 2 aromatic heterocycles. The third kappa shape index (κ3) is 3.78. The molecular weight excluding hydrogens is 356 g/mol. The highest BCUT2D eigenvalue weighted by molar-refractivity contribution is 7.98. The lowest BCUT2D eigenvalue weighted by molar-refractivity contribution is 0.552. The molecule has 0 fully saturated rings. The van der Waals surface area contributed by atoms with Crippen LogP contribution in [0.4, 0.5) is 0 Å². The van der Waals surface area contributed by atoms with Gasteiger partial charge in [-0.15, -0.1) is 22.0 Å². The quantitative estimate of drug-likeness (QED) is 0.473. The Bertz CT molecular complexity index is 1020. The standard InChI is InChI=1S/C20H20N6S/c1-3-25-23-19(22-24-25)18-13-21-26(17-11-9-15(2)10-12-17)20(18)27-14-16-7-5-4-6-8-16/h4-13H,3,14H2,1-2H3. The summed E-state index contributed by atoms with van der Waals surface area (Å²) in [6.45, 7) is 4.76. The van der Waals surface area contributed by atoms with E-state index in [1.165, 1.54) is 11.1 Å². The average molecular weight is 376 g/mol. The summed E-state index contributed by atoms with van der Waals surface area (Å²) >= 11 is 1.73. The minimum Gasteiger partial charge on any atom is -0.226 e. The maximum Gasteiger partial charge on any atom is 0.209 e. The van der Waals surface area contributed by atoms with Gasteiger partial charge in [0.1, 0.15) is 5.03 Å². The number of hydrogen-bond acceptors (Lipinski definition) is 5. The van der Waals surface area contributed by atoms with E-state index in [0.29, 0.717) is 12.4 Å². The Labute approximate surface area is 162 Å². The van der Waals surface area contributed by atoms with Gasteiger partial charge in [-0.3, -0.25) is 0 Å². The molecule has 2 aromatic carbocycles. The van der Waals surface area contributed by atoms with Crippen LogP contribution in [-0.2, 0) is 12.3 Å². The van der Waals surface area contributed by atoms with Gasteiger partial charge in [0.15, 0.2) is 0 Å². The first-order valence-corrected chi connectivity index (χ1v) is 9.83. The Morgan fingerprint density at radius 2 is 1.78 bits per heavy atom. The molecular formula is C20H20N6S. The maximum atomic E-state index is 4.62. The Morgan fingerprint density at radius 3 is 2.48 bits per heavy atom. The zero-order valence-electron chi connectivity index (χ0n) is 15.3. The first-order chi connectivity index (χ1) is 13.2. The van der Waals surface area contributed by atoms with Crippen LogP contribution in [0.2, 0.25) is 0 Å². The van der Waals surface area contributed by atoms with Crippen molar-refractivity contribution in [2.75, 3.05) is 0 Å². The molecule has 0 radical (unpaired) electrons. The van der Waals surface area contributed by atoms with Crippen LogP contribution in [0.5, 0.6) is 0 Å². The highest BCUT2D eigenvalue weighted by Gasteiger charge is 2.18. The molecule has 136 valence electrons. The number of tetrazole rings is 1. The van der Waals surface area contributed by atoms with E-state index >= 15 is 0 Å². The van der Waals surface area contributed by atoms with Crippen LogP contribution in [-0.4, -0.2) is 30.0 Å². The summed E-state index contributed by atoms with van der Waals surface area (Å²) in [5.74, 6) is 1.44. The molecule has 0 aliphatic carbocycles. The van der Waals surface area contributed by atoms with Crippen molar-refractivity contribution in [3.05, 3.63) is 71.9 Å². The fraction of sp³-hybridized carbons (Fsp3) is 0.200. The predicted octanol–water partition coefficient (Wildman–Crippen LogP) is 4.15. The Balaban J connectivity index is 1.73. The number of benzene rings is 2. The SMILES string of the molecule is CCn1nnc(-c2cnn(-c3ccc(C)cc3)c2SCc2ccccc2)n1. The molecule has 0 amide bonds. The average Bonchev–Trinajstić information content (AvgIpc) is 3.34. The minimum atomic E-state index is 0.603. The summed E-state index contributed by atoms with van der Waals surface area (Å²) in [7, 11) is 0. The number of rotatable bonds is 6. The topological polar surface area (TPSA) is 61.4 Å². The number of aryl methyl sites for hydroxylation is 2. The van der Waals surface area contributed by atoms with Crippen LogP contribution in [0.3, 0.4) is 0 Å². The van der Waals surface area contributed by atoms with Gasteiger partial charge < -0.3 is 0 Å². The lowest BCUT2D eigenvalue weighted by atomic mass is 10.2. The van der Waals surface area contributed by atoms with Gasteiger partial charge >= 0.3 is 0 Å². The molecule has 7 heteroatoms. The third-order valence-corrected chi connectivity index (χ3v) is 5.34. The Hall–Kier alpha value is -2.93. The third-order valence-electron chi connectivity index (χ3n) is 4.20. The van der Waals surface area contributed by atoms with Crippen LogP contribution >= 0.6 is 11.8 Å². The van der Waals surface area contributed by atoms with Gasteiger partial charge in [-0.2, -0.15) is 9.90 Å². The molecule has 0 aliphatic rings.